The molecule has 0 saturated heterocycles. The molecule has 120 valence electrons. The molecule has 23 heavy (non-hydrogen) atoms. The van der Waals surface area contributed by atoms with Crippen molar-refractivity contribution in [3.05, 3.63) is 59.7 Å². The van der Waals surface area contributed by atoms with Gasteiger partial charge in [0.25, 0.3) is 0 Å². The van der Waals surface area contributed by atoms with Gasteiger partial charge in [-0.3, -0.25) is 0 Å². The number of hydrogen-bond donors (Lipinski definition) is 0. The molecule has 0 spiro atoms. The van der Waals surface area contributed by atoms with Gasteiger partial charge < -0.3 is 9.47 Å². The summed E-state index contributed by atoms with van der Waals surface area (Å²) < 4.78 is 11.7. The van der Waals surface area contributed by atoms with E-state index >= 15 is 0 Å². The lowest BCUT2D eigenvalue weighted by atomic mass is 9.71. The average Bonchev–Trinajstić information content (AvgIpc) is 2.90. The predicted octanol–water partition coefficient (Wildman–Crippen LogP) is 5.35. The van der Waals surface area contributed by atoms with Crippen molar-refractivity contribution in [1.82, 2.24) is 0 Å². The second-order valence-corrected chi connectivity index (χ2v) is 7.52. The standard InChI is InChI=1S/C21H24O2/c1-21(2)13-12-17-19(21)16-6-4-5-7-18(16)23-20(17)14-8-10-15(22-3)11-9-14/h4-11,17,19-20H,12-13H2,1-3H3/t17-,19-,20-/m1/s1. The third-order valence-electron chi connectivity index (χ3n) is 5.73. The van der Waals surface area contributed by atoms with E-state index in [-0.39, 0.29) is 6.10 Å². The molecule has 1 heterocycles. The molecule has 3 atom stereocenters. The van der Waals surface area contributed by atoms with Crippen LogP contribution in [0.25, 0.3) is 0 Å². The summed E-state index contributed by atoms with van der Waals surface area (Å²) in [5.74, 6) is 3.07. The zero-order valence-corrected chi connectivity index (χ0v) is 14.1. The fraction of sp³-hybridized carbons (Fsp3) is 0.429. The molecule has 4 rings (SSSR count). The van der Waals surface area contributed by atoms with Gasteiger partial charge in [0.05, 0.1) is 7.11 Å². The first-order valence-corrected chi connectivity index (χ1v) is 8.50. The van der Waals surface area contributed by atoms with Crippen LogP contribution < -0.4 is 9.47 Å². The van der Waals surface area contributed by atoms with Gasteiger partial charge in [-0.15, -0.1) is 0 Å². The highest BCUT2D eigenvalue weighted by atomic mass is 16.5. The molecule has 1 saturated carbocycles. The maximum absolute atomic E-state index is 6.46. The van der Waals surface area contributed by atoms with Crippen molar-refractivity contribution in [2.75, 3.05) is 7.11 Å². The van der Waals surface area contributed by atoms with Crippen LogP contribution in [0.4, 0.5) is 0 Å². The van der Waals surface area contributed by atoms with Crippen molar-refractivity contribution in [3.63, 3.8) is 0 Å². The van der Waals surface area contributed by atoms with Gasteiger partial charge in [-0.1, -0.05) is 44.2 Å². The summed E-state index contributed by atoms with van der Waals surface area (Å²) in [6.07, 6.45) is 2.62. The lowest BCUT2D eigenvalue weighted by Gasteiger charge is -2.41. The Labute approximate surface area is 138 Å². The number of rotatable bonds is 2. The topological polar surface area (TPSA) is 18.5 Å². The molecule has 1 fully saturated rings. The van der Waals surface area contributed by atoms with Gasteiger partial charge in [0.2, 0.25) is 0 Å². The monoisotopic (exact) mass is 308 g/mol. The first kappa shape index (κ1) is 14.6. The number of para-hydroxylation sites is 1. The fourth-order valence-electron chi connectivity index (χ4n) is 4.60. The maximum Gasteiger partial charge on any atom is 0.127 e. The summed E-state index contributed by atoms with van der Waals surface area (Å²) in [5, 5.41) is 0. The largest absolute Gasteiger partial charge is 0.497 e. The lowest BCUT2D eigenvalue weighted by molar-refractivity contribution is 0.0872. The van der Waals surface area contributed by atoms with Crippen LogP contribution >= 0.6 is 0 Å². The summed E-state index contributed by atoms with van der Waals surface area (Å²) in [4.78, 5) is 0. The number of fused-ring (bicyclic) bond motifs is 3. The summed E-state index contributed by atoms with van der Waals surface area (Å²) >= 11 is 0. The number of benzene rings is 2. The molecule has 2 aliphatic rings. The highest BCUT2D eigenvalue weighted by molar-refractivity contribution is 5.43. The Kier molecular flexibility index (Phi) is 3.37. The molecular weight excluding hydrogens is 284 g/mol. The Bertz CT molecular complexity index is 702. The Morgan fingerprint density at radius 1 is 1.04 bits per heavy atom. The molecule has 0 N–H and O–H groups in total. The minimum Gasteiger partial charge on any atom is -0.497 e. The smallest absolute Gasteiger partial charge is 0.127 e. The van der Waals surface area contributed by atoms with Crippen LogP contribution in [0.2, 0.25) is 0 Å². The molecule has 1 aliphatic carbocycles. The van der Waals surface area contributed by atoms with E-state index in [1.807, 2.05) is 12.1 Å². The second kappa shape index (κ2) is 5.30. The van der Waals surface area contributed by atoms with Crippen LogP contribution in [-0.2, 0) is 0 Å². The van der Waals surface area contributed by atoms with Gasteiger partial charge >= 0.3 is 0 Å². The van der Waals surface area contributed by atoms with E-state index in [1.54, 1.807) is 7.11 Å². The number of ether oxygens (including phenoxy) is 2. The van der Waals surface area contributed by atoms with Crippen molar-refractivity contribution in [3.8, 4) is 11.5 Å². The normalized spacial score (nSPS) is 27.7. The van der Waals surface area contributed by atoms with Gasteiger partial charge in [0.15, 0.2) is 0 Å². The quantitative estimate of drug-likeness (QED) is 0.744. The van der Waals surface area contributed by atoms with Crippen LogP contribution in [-0.4, -0.2) is 7.11 Å². The van der Waals surface area contributed by atoms with E-state index in [9.17, 15) is 0 Å². The van der Waals surface area contributed by atoms with Gasteiger partial charge in [-0.2, -0.15) is 0 Å². The van der Waals surface area contributed by atoms with Crippen LogP contribution in [0.3, 0.4) is 0 Å². The molecule has 0 bridgehead atoms. The Balaban J connectivity index is 1.77. The van der Waals surface area contributed by atoms with Crippen molar-refractivity contribution < 1.29 is 9.47 Å². The average molecular weight is 308 g/mol. The molecule has 1 aliphatic heterocycles. The Morgan fingerprint density at radius 3 is 2.52 bits per heavy atom. The van der Waals surface area contributed by atoms with Gasteiger partial charge in [-0.25, -0.2) is 0 Å². The summed E-state index contributed by atoms with van der Waals surface area (Å²) in [6.45, 7) is 4.82. The van der Waals surface area contributed by atoms with Crippen molar-refractivity contribution in [2.24, 2.45) is 11.3 Å². The SMILES string of the molecule is COc1ccc([C@H]2Oc3ccccc3[C@@H]3[C@H]2CCC3(C)C)cc1. The van der Waals surface area contributed by atoms with Crippen LogP contribution in [0.15, 0.2) is 48.5 Å². The van der Waals surface area contributed by atoms with E-state index in [1.165, 1.54) is 24.0 Å². The Hall–Kier alpha value is -1.96. The van der Waals surface area contributed by atoms with Crippen molar-refractivity contribution >= 4 is 0 Å². The van der Waals surface area contributed by atoms with E-state index < -0.39 is 0 Å². The molecule has 0 aromatic heterocycles. The van der Waals surface area contributed by atoms with Crippen molar-refractivity contribution in [1.29, 1.82) is 0 Å². The minimum absolute atomic E-state index is 0.141. The number of hydrogen-bond acceptors (Lipinski definition) is 2. The highest BCUT2D eigenvalue weighted by Gasteiger charge is 2.50. The zero-order chi connectivity index (χ0) is 16.0. The Morgan fingerprint density at radius 2 is 1.78 bits per heavy atom. The van der Waals surface area contributed by atoms with E-state index in [2.05, 4.69) is 50.2 Å². The van der Waals surface area contributed by atoms with Gasteiger partial charge in [0.1, 0.15) is 17.6 Å². The highest BCUT2D eigenvalue weighted by Crippen LogP contribution is 2.61. The first-order chi connectivity index (χ1) is 11.1. The molecular formula is C21H24O2. The third kappa shape index (κ3) is 2.32. The van der Waals surface area contributed by atoms with E-state index in [4.69, 9.17) is 9.47 Å². The molecule has 0 radical (unpaired) electrons. The minimum atomic E-state index is 0.141. The molecule has 2 nitrogen and oxygen atoms in total. The molecule has 0 amide bonds. The van der Waals surface area contributed by atoms with Crippen LogP contribution in [0.5, 0.6) is 11.5 Å². The third-order valence-corrected chi connectivity index (χ3v) is 5.73. The molecule has 2 heteroatoms. The zero-order valence-electron chi connectivity index (χ0n) is 14.1. The van der Waals surface area contributed by atoms with Gasteiger partial charge in [-0.05, 0) is 53.5 Å². The second-order valence-electron chi connectivity index (χ2n) is 7.52. The summed E-state index contributed by atoms with van der Waals surface area (Å²) in [5.41, 5.74) is 2.98. The van der Waals surface area contributed by atoms with Crippen molar-refractivity contribution in [2.45, 2.75) is 38.7 Å². The molecule has 2 aromatic rings. The predicted molar refractivity (Wildman–Crippen MR) is 92.1 cm³/mol. The fourth-order valence-corrected chi connectivity index (χ4v) is 4.60. The first-order valence-electron chi connectivity index (χ1n) is 8.50. The maximum atomic E-state index is 6.46. The molecule has 2 aromatic carbocycles. The lowest BCUT2D eigenvalue weighted by Crippen LogP contribution is -2.31. The van der Waals surface area contributed by atoms with Gasteiger partial charge in [0, 0.05) is 5.92 Å². The molecule has 0 unspecified atom stereocenters. The number of methoxy groups -OCH3 is 1. The summed E-state index contributed by atoms with van der Waals surface area (Å²) in [6, 6.07) is 17.0. The van der Waals surface area contributed by atoms with E-state index in [0.29, 0.717) is 17.3 Å². The summed E-state index contributed by atoms with van der Waals surface area (Å²) in [7, 11) is 1.71. The van der Waals surface area contributed by atoms with Crippen LogP contribution in [0, 0.1) is 11.3 Å². The van der Waals surface area contributed by atoms with Crippen LogP contribution in [0.1, 0.15) is 49.8 Å². The van der Waals surface area contributed by atoms with E-state index in [0.717, 1.165) is 11.5 Å².